The third-order valence-electron chi connectivity index (χ3n) is 9.57. The van der Waals surface area contributed by atoms with Crippen LogP contribution in [0.5, 0.6) is 0 Å². The Morgan fingerprint density at radius 3 is 1.96 bits per heavy atom. The van der Waals surface area contributed by atoms with Gasteiger partial charge in [-0.2, -0.15) is 0 Å². The van der Waals surface area contributed by atoms with Crippen LogP contribution in [-0.4, -0.2) is 15.0 Å². The molecule has 2 aliphatic carbocycles. The van der Waals surface area contributed by atoms with Gasteiger partial charge in [-0.15, -0.1) is 0 Å². The minimum Gasteiger partial charge on any atom is -0.456 e. The molecule has 0 spiro atoms. The molecular formula is C43H27N3O. The number of nitrogens with zero attached hydrogens (tertiary/aromatic N) is 3. The Balaban J connectivity index is 1.18. The highest BCUT2D eigenvalue weighted by atomic mass is 16.3. The van der Waals surface area contributed by atoms with Crippen molar-refractivity contribution in [1.29, 1.82) is 0 Å². The lowest BCUT2D eigenvalue weighted by molar-refractivity contribution is 0.669. The predicted octanol–water partition coefficient (Wildman–Crippen LogP) is 11.2. The molecular weight excluding hydrogens is 574 g/mol. The van der Waals surface area contributed by atoms with E-state index < -0.39 is 0 Å². The molecule has 0 atom stereocenters. The smallest absolute Gasteiger partial charge is 0.164 e. The van der Waals surface area contributed by atoms with Crippen LogP contribution in [0.1, 0.15) is 24.0 Å². The van der Waals surface area contributed by atoms with Gasteiger partial charge in [-0.3, -0.25) is 0 Å². The van der Waals surface area contributed by atoms with Gasteiger partial charge in [0.15, 0.2) is 17.5 Å². The standard InChI is InChI=1S/C43H27N3O/c1-3-11-26(12-4-1)41-44-42(27-13-5-2-6-14-27)46-43(45-41)35-19-10-20-38-40(35)36-25-28(21-24-37(36)47-38)29-22-23-34-31-16-8-7-15-30(31)33-18-9-17-32(29)39(33)34/h1-7,9-15,17-25H,8,16H2. The van der Waals surface area contributed by atoms with Gasteiger partial charge in [0.1, 0.15) is 11.2 Å². The van der Waals surface area contributed by atoms with Crippen molar-refractivity contribution in [3.8, 4) is 45.3 Å². The second-order valence-electron chi connectivity index (χ2n) is 12.3. The highest BCUT2D eigenvalue weighted by Crippen LogP contribution is 2.49. The van der Waals surface area contributed by atoms with E-state index in [1.807, 2.05) is 72.8 Å². The van der Waals surface area contributed by atoms with E-state index in [9.17, 15) is 0 Å². The lowest BCUT2D eigenvalue weighted by Gasteiger charge is -2.11. The van der Waals surface area contributed by atoms with Gasteiger partial charge < -0.3 is 4.42 Å². The summed E-state index contributed by atoms with van der Waals surface area (Å²) in [7, 11) is 0. The Bertz CT molecular complexity index is 2560. The quantitative estimate of drug-likeness (QED) is 0.201. The van der Waals surface area contributed by atoms with E-state index in [1.165, 1.54) is 38.6 Å². The summed E-state index contributed by atoms with van der Waals surface area (Å²) in [6.07, 6.45) is 6.81. The largest absolute Gasteiger partial charge is 0.456 e. The van der Waals surface area contributed by atoms with Gasteiger partial charge >= 0.3 is 0 Å². The zero-order valence-electron chi connectivity index (χ0n) is 25.4. The summed E-state index contributed by atoms with van der Waals surface area (Å²) < 4.78 is 6.45. The molecule has 0 saturated heterocycles. The normalized spacial score (nSPS) is 13.6. The van der Waals surface area contributed by atoms with Crippen LogP contribution < -0.4 is 0 Å². The fourth-order valence-electron chi connectivity index (χ4n) is 7.44. The number of allylic oxidation sites excluding steroid dienone is 4. The maximum absolute atomic E-state index is 6.45. The minimum atomic E-state index is 0.617. The van der Waals surface area contributed by atoms with Gasteiger partial charge in [-0.25, -0.2) is 15.0 Å². The summed E-state index contributed by atoms with van der Waals surface area (Å²) in [5.41, 5.74) is 12.4. The van der Waals surface area contributed by atoms with Crippen molar-refractivity contribution in [1.82, 2.24) is 15.0 Å². The van der Waals surface area contributed by atoms with Crippen molar-refractivity contribution < 1.29 is 4.42 Å². The summed E-state index contributed by atoms with van der Waals surface area (Å²) in [6, 6.07) is 44.2. The number of fused-ring (bicyclic) bond motifs is 5. The van der Waals surface area contributed by atoms with Crippen LogP contribution in [0.2, 0.25) is 0 Å². The molecule has 0 N–H and O–H groups in total. The lowest BCUT2D eigenvalue weighted by Crippen LogP contribution is -2.00. The fraction of sp³-hybridized carbons (Fsp3) is 0.0465. The van der Waals surface area contributed by atoms with Crippen molar-refractivity contribution in [2.75, 3.05) is 0 Å². The highest BCUT2D eigenvalue weighted by molar-refractivity contribution is 6.19. The van der Waals surface area contributed by atoms with E-state index in [-0.39, 0.29) is 0 Å². The summed E-state index contributed by atoms with van der Waals surface area (Å²) in [5, 5.41) is 4.69. The number of hydrogen-bond donors (Lipinski definition) is 0. The van der Waals surface area contributed by atoms with Gasteiger partial charge in [0, 0.05) is 27.5 Å². The Morgan fingerprint density at radius 2 is 1.17 bits per heavy atom. The molecule has 0 unspecified atom stereocenters. The minimum absolute atomic E-state index is 0.617. The third kappa shape index (κ3) is 4.05. The molecule has 220 valence electrons. The van der Waals surface area contributed by atoms with Gasteiger partial charge in [-0.1, -0.05) is 121 Å². The molecule has 6 aromatic carbocycles. The molecule has 0 fully saturated rings. The average Bonchev–Trinajstić information content (AvgIpc) is 3.69. The first kappa shape index (κ1) is 26.1. The van der Waals surface area contributed by atoms with E-state index in [0.29, 0.717) is 17.5 Å². The number of benzene rings is 6. The maximum Gasteiger partial charge on any atom is 0.164 e. The van der Waals surface area contributed by atoms with Crippen LogP contribution in [0.4, 0.5) is 0 Å². The molecule has 0 aliphatic heterocycles. The van der Waals surface area contributed by atoms with E-state index in [2.05, 4.69) is 66.7 Å². The number of hydrogen-bond acceptors (Lipinski definition) is 4. The highest BCUT2D eigenvalue weighted by Gasteiger charge is 2.25. The van der Waals surface area contributed by atoms with Crippen molar-refractivity contribution in [3.05, 3.63) is 151 Å². The molecule has 0 amide bonds. The summed E-state index contributed by atoms with van der Waals surface area (Å²) in [4.78, 5) is 15.0. The van der Waals surface area contributed by atoms with E-state index in [4.69, 9.17) is 19.4 Å². The molecule has 8 aromatic rings. The van der Waals surface area contributed by atoms with Crippen molar-refractivity contribution in [2.45, 2.75) is 12.8 Å². The van der Waals surface area contributed by atoms with Crippen LogP contribution in [0.25, 0.3) is 89.1 Å². The number of aromatic nitrogens is 3. The Hall–Kier alpha value is -6.13. The predicted molar refractivity (Wildman–Crippen MR) is 192 cm³/mol. The summed E-state index contributed by atoms with van der Waals surface area (Å²) in [6.45, 7) is 0. The molecule has 0 radical (unpaired) electrons. The Morgan fingerprint density at radius 1 is 0.468 bits per heavy atom. The van der Waals surface area contributed by atoms with Crippen LogP contribution >= 0.6 is 0 Å². The molecule has 4 heteroatoms. The van der Waals surface area contributed by atoms with Crippen molar-refractivity contribution in [3.63, 3.8) is 0 Å². The van der Waals surface area contributed by atoms with Gasteiger partial charge in [0.2, 0.25) is 0 Å². The SMILES string of the molecule is C1=CC2=C(CC1)c1ccc(-c3ccc4oc5cccc(-c6nc(-c7ccccc7)nc(-c7ccccc7)n6)c5c4c3)c3cccc2c13. The molecule has 0 bridgehead atoms. The molecule has 4 nitrogen and oxygen atoms in total. The molecule has 47 heavy (non-hydrogen) atoms. The van der Waals surface area contributed by atoms with E-state index in [1.54, 1.807) is 0 Å². The van der Waals surface area contributed by atoms with Gasteiger partial charge in [0.25, 0.3) is 0 Å². The first-order chi connectivity index (χ1) is 23.3. The number of rotatable bonds is 4. The van der Waals surface area contributed by atoms with Crippen molar-refractivity contribution in [2.24, 2.45) is 0 Å². The third-order valence-corrected chi connectivity index (χ3v) is 9.57. The van der Waals surface area contributed by atoms with Crippen molar-refractivity contribution >= 4 is 43.9 Å². The van der Waals surface area contributed by atoms with Gasteiger partial charge in [-0.05, 0) is 75.2 Å². The number of furan rings is 1. The lowest BCUT2D eigenvalue weighted by atomic mass is 9.92. The topological polar surface area (TPSA) is 51.8 Å². The van der Waals surface area contributed by atoms with E-state index in [0.717, 1.165) is 57.0 Å². The molecule has 10 rings (SSSR count). The summed E-state index contributed by atoms with van der Waals surface area (Å²) >= 11 is 0. The Labute approximate surface area is 271 Å². The molecule has 2 aliphatic rings. The molecule has 2 aromatic heterocycles. The van der Waals surface area contributed by atoms with E-state index >= 15 is 0 Å². The average molecular weight is 602 g/mol. The van der Waals surface area contributed by atoms with Crippen LogP contribution in [-0.2, 0) is 0 Å². The first-order valence-corrected chi connectivity index (χ1v) is 16.1. The fourth-order valence-corrected chi connectivity index (χ4v) is 7.44. The second-order valence-corrected chi connectivity index (χ2v) is 12.3. The summed E-state index contributed by atoms with van der Waals surface area (Å²) in [5.74, 6) is 1.89. The van der Waals surface area contributed by atoms with Crippen LogP contribution in [0.15, 0.2) is 144 Å². The van der Waals surface area contributed by atoms with Crippen LogP contribution in [0.3, 0.4) is 0 Å². The van der Waals surface area contributed by atoms with Gasteiger partial charge in [0.05, 0.1) is 0 Å². The zero-order valence-corrected chi connectivity index (χ0v) is 25.4. The Kier molecular flexibility index (Phi) is 5.67. The molecule has 2 heterocycles. The first-order valence-electron chi connectivity index (χ1n) is 16.1. The monoisotopic (exact) mass is 601 g/mol. The maximum atomic E-state index is 6.45. The zero-order chi connectivity index (χ0) is 30.9. The molecule has 0 saturated carbocycles. The van der Waals surface area contributed by atoms with Crippen LogP contribution in [0, 0.1) is 0 Å². The second kappa shape index (κ2) is 10.2.